The van der Waals surface area contributed by atoms with E-state index >= 15 is 0 Å². The Hall–Kier alpha value is -2.57. The zero-order chi connectivity index (χ0) is 23.4. The van der Waals surface area contributed by atoms with E-state index < -0.39 is 0 Å². The molecule has 0 aromatic heterocycles. The zero-order valence-electron chi connectivity index (χ0n) is 20.1. The van der Waals surface area contributed by atoms with Crippen LogP contribution in [0.3, 0.4) is 0 Å². The van der Waals surface area contributed by atoms with Crippen LogP contribution >= 0.6 is 0 Å². The molecule has 1 spiro atoms. The van der Waals surface area contributed by atoms with E-state index in [1.165, 1.54) is 11.1 Å². The van der Waals surface area contributed by atoms with E-state index in [0.717, 1.165) is 25.7 Å². The molecule has 2 aromatic rings. The van der Waals surface area contributed by atoms with Crippen molar-refractivity contribution >= 4 is 5.91 Å². The largest absolute Gasteiger partial charge is 0.493 e. The van der Waals surface area contributed by atoms with Gasteiger partial charge in [0.15, 0.2) is 11.5 Å². The number of methoxy groups -OCH3 is 2. The number of likely N-dealkylation sites (tertiary alicyclic amines) is 1. The summed E-state index contributed by atoms with van der Waals surface area (Å²) >= 11 is 0. The van der Waals surface area contributed by atoms with Gasteiger partial charge in [-0.2, -0.15) is 0 Å². The van der Waals surface area contributed by atoms with Gasteiger partial charge in [0.25, 0.3) is 5.91 Å². The standard InChI is InChI=1S/C27H35NO5/c1-19(2)33-23-10-9-21(15-24(23)31-4)26(29)28-13-11-27(12-14-28)17-22-8-6-5-7-20(22)16-25(27)32-18-30-3/h5-10,15,19,25H,11-14,16-18H2,1-4H3. The van der Waals surface area contributed by atoms with E-state index in [0.29, 0.717) is 36.9 Å². The number of piperidine rings is 1. The van der Waals surface area contributed by atoms with E-state index in [4.69, 9.17) is 18.9 Å². The normalized spacial score (nSPS) is 19.4. The number of rotatable bonds is 7. The lowest BCUT2D eigenvalue weighted by molar-refractivity contribution is -0.134. The first-order valence-corrected chi connectivity index (χ1v) is 11.8. The molecule has 1 unspecified atom stereocenters. The number of hydrogen-bond donors (Lipinski definition) is 0. The molecule has 1 amide bonds. The fourth-order valence-electron chi connectivity index (χ4n) is 5.21. The molecule has 1 atom stereocenters. The van der Waals surface area contributed by atoms with Crippen molar-refractivity contribution in [3.05, 3.63) is 59.2 Å². The van der Waals surface area contributed by atoms with Crippen molar-refractivity contribution in [1.82, 2.24) is 4.90 Å². The summed E-state index contributed by atoms with van der Waals surface area (Å²) in [5, 5.41) is 0. The van der Waals surface area contributed by atoms with Crippen molar-refractivity contribution in [2.24, 2.45) is 5.41 Å². The molecular weight excluding hydrogens is 418 g/mol. The lowest BCUT2D eigenvalue weighted by Gasteiger charge is -2.49. The van der Waals surface area contributed by atoms with Crippen molar-refractivity contribution in [3.63, 3.8) is 0 Å². The van der Waals surface area contributed by atoms with Crippen LogP contribution in [-0.2, 0) is 22.3 Å². The average Bonchev–Trinajstić information content (AvgIpc) is 2.82. The van der Waals surface area contributed by atoms with Crippen LogP contribution in [0.15, 0.2) is 42.5 Å². The first kappa shape index (κ1) is 23.6. The fraction of sp³-hybridized carbons (Fsp3) is 0.519. The van der Waals surface area contributed by atoms with Crippen LogP contribution in [0.2, 0.25) is 0 Å². The van der Waals surface area contributed by atoms with Crippen LogP contribution in [0.25, 0.3) is 0 Å². The molecule has 2 aromatic carbocycles. The highest BCUT2D eigenvalue weighted by Gasteiger charge is 2.46. The molecule has 1 fully saturated rings. The summed E-state index contributed by atoms with van der Waals surface area (Å²) in [7, 11) is 3.26. The zero-order valence-corrected chi connectivity index (χ0v) is 20.1. The second-order valence-electron chi connectivity index (χ2n) is 9.40. The fourth-order valence-corrected chi connectivity index (χ4v) is 5.21. The van der Waals surface area contributed by atoms with Crippen LogP contribution in [0.1, 0.15) is 48.2 Å². The highest BCUT2D eigenvalue weighted by molar-refractivity contribution is 5.95. The van der Waals surface area contributed by atoms with Crippen molar-refractivity contribution < 1.29 is 23.7 Å². The van der Waals surface area contributed by atoms with Crippen molar-refractivity contribution in [2.45, 2.75) is 51.7 Å². The maximum Gasteiger partial charge on any atom is 0.253 e. The molecule has 0 radical (unpaired) electrons. The maximum atomic E-state index is 13.3. The van der Waals surface area contributed by atoms with Gasteiger partial charge in [0, 0.05) is 31.2 Å². The molecule has 0 N–H and O–H groups in total. The number of amides is 1. The lowest BCUT2D eigenvalue weighted by Crippen LogP contribution is -2.52. The summed E-state index contributed by atoms with van der Waals surface area (Å²) in [5.41, 5.74) is 3.41. The quantitative estimate of drug-likeness (QED) is 0.578. The maximum absolute atomic E-state index is 13.3. The number of benzene rings is 2. The summed E-state index contributed by atoms with van der Waals surface area (Å²) in [4.78, 5) is 15.3. The minimum Gasteiger partial charge on any atom is -0.493 e. The van der Waals surface area contributed by atoms with Gasteiger partial charge >= 0.3 is 0 Å². The first-order valence-electron chi connectivity index (χ1n) is 11.8. The van der Waals surface area contributed by atoms with Gasteiger partial charge in [-0.05, 0) is 68.9 Å². The Morgan fingerprint density at radius 3 is 2.45 bits per heavy atom. The minimum atomic E-state index is 0.0241. The third-order valence-corrected chi connectivity index (χ3v) is 6.96. The molecule has 1 aliphatic heterocycles. The second kappa shape index (κ2) is 10.1. The van der Waals surface area contributed by atoms with E-state index in [-0.39, 0.29) is 23.5 Å². The Kier molecular flexibility index (Phi) is 7.25. The van der Waals surface area contributed by atoms with Crippen LogP contribution in [0.5, 0.6) is 11.5 Å². The molecule has 1 aliphatic carbocycles. The average molecular weight is 454 g/mol. The molecule has 6 heteroatoms. The Balaban J connectivity index is 1.48. The predicted molar refractivity (Wildman–Crippen MR) is 127 cm³/mol. The van der Waals surface area contributed by atoms with Crippen molar-refractivity contribution in [1.29, 1.82) is 0 Å². The molecule has 33 heavy (non-hydrogen) atoms. The van der Waals surface area contributed by atoms with E-state index in [2.05, 4.69) is 24.3 Å². The molecule has 2 aliphatic rings. The van der Waals surface area contributed by atoms with Crippen molar-refractivity contribution in [2.75, 3.05) is 34.1 Å². The Bertz CT molecular complexity index is 965. The number of hydrogen-bond acceptors (Lipinski definition) is 5. The third-order valence-electron chi connectivity index (χ3n) is 6.96. The van der Waals surface area contributed by atoms with Crippen LogP contribution in [0.4, 0.5) is 0 Å². The van der Waals surface area contributed by atoms with Gasteiger partial charge in [0.05, 0.1) is 19.3 Å². The van der Waals surface area contributed by atoms with Crippen LogP contribution in [-0.4, -0.2) is 57.1 Å². The highest BCUT2D eigenvalue weighted by Crippen LogP contribution is 2.45. The first-order chi connectivity index (χ1) is 16.0. The molecule has 178 valence electrons. The van der Waals surface area contributed by atoms with E-state index in [9.17, 15) is 4.79 Å². The van der Waals surface area contributed by atoms with Crippen LogP contribution < -0.4 is 9.47 Å². The Morgan fingerprint density at radius 2 is 1.79 bits per heavy atom. The summed E-state index contributed by atoms with van der Waals surface area (Å²) in [6, 6.07) is 14.1. The summed E-state index contributed by atoms with van der Waals surface area (Å²) in [5.74, 6) is 1.27. The van der Waals surface area contributed by atoms with Gasteiger partial charge in [0.2, 0.25) is 0 Å². The number of ether oxygens (including phenoxy) is 4. The van der Waals surface area contributed by atoms with Crippen molar-refractivity contribution in [3.8, 4) is 11.5 Å². The van der Waals surface area contributed by atoms with Gasteiger partial charge in [-0.25, -0.2) is 0 Å². The topological polar surface area (TPSA) is 57.2 Å². The second-order valence-corrected chi connectivity index (χ2v) is 9.40. The Morgan fingerprint density at radius 1 is 1.06 bits per heavy atom. The molecular formula is C27H35NO5. The monoisotopic (exact) mass is 453 g/mol. The number of carbonyl (C=O) groups is 1. The summed E-state index contributed by atoms with van der Waals surface area (Å²) < 4.78 is 22.7. The number of carbonyl (C=O) groups excluding carboxylic acids is 1. The smallest absolute Gasteiger partial charge is 0.253 e. The SMILES string of the molecule is COCOC1Cc2ccccc2CC12CCN(C(=O)c1ccc(OC(C)C)c(OC)c1)CC2. The van der Waals surface area contributed by atoms with E-state index in [1.807, 2.05) is 30.9 Å². The Labute approximate surface area is 196 Å². The lowest BCUT2D eigenvalue weighted by atomic mass is 9.64. The number of fused-ring (bicyclic) bond motifs is 1. The molecule has 1 saturated heterocycles. The predicted octanol–water partition coefficient (Wildman–Crippen LogP) is 4.49. The molecule has 1 heterocycles. The van der Waals surface area contributed by atoms with Gasteiger partial charge in [0.1, 0.15) is 6.79 Å². The van der Waals surface area contributed by atoms with Gasteiger partial charge in [-0.15, -0.1) is 0 Å². The van der Waals surface area contributed by atoms with Gasteiger partial charge in [-0.1, -0.05) is 24.3 Å². The molecule has 4 rings (SSSR count). The van der Waals surface area contributed by atoms with E-state index in [1.54, 1.807) is 20.3 Å². The summed E-state index contributed by atoms with van der Waals surface area (Å²) in [6.07, 6.45) is 3.82. The van der Waals surface area contributed by atoms with Gasteiger partial charge in [-0.3, -0.25) is 4.79 Å². The molecule has 0 bridgehead atoms. The van der Waals surface area contributed by atoms with Crippen LogP contribution in [0, 0.1) is 5.41 Å². The summed E-state index contributed by atoms with van der Waals surface area (Å²) in [6.45, 7) is 5.65. The number of nitrogens with zero attached hydrogens (tertiary/aromatic N) is 1. The highest BCUT2D eigenvalue weighted by atomic mass is 16.7. The third kappa shape index (κ3) is 5.02. The molecule has 6 nitrogen and oxygen atoms in total. The molecule has 0 saturated carbocycles. The minimum absolute atomic E-state index is 0.0241. The van der Waals surface area contributed by atoms with Gasteiger partial charge < -0.3 is 23.8 Å².